The number of hydroxylamine groups is 1. The summed E-state index contributed by atoms with van der Waals surface area (Å²) in [5, 5.41) is 16.7. The van der Waals surface area contributed by atoms with Crippen molar-refractivity contribution in [3.63, 3.8) is 0 Å². The number of allylic oxidation sites excluding steroid dienone is 4. The van der Waals surface area contributed by atoms with Gasteiger partial charge in [0.2, 0.25) is 23.6 Å². The van der Waals surface area contributed by atoms with Crippen LogP contribution in [0.25, 0.3) is 0 Å². The van der Waals surface area contributed by atoms with Crippen LogP contribution < -0.4 is 21.4 Å². The van der Waals surface area contributed by atoms with Crippen LogP contribution in [0.5, 0.6) is 0 Å². The molecule has 0 saturated carbocycles. The van der Waals surface area contributed by atoms with Crippen LogP contribution in [0.3, 0.4) is 0 Å². The van der Waals surface area contributed by atoms with Crippen molar-refractivity contribution < 1.29 is 33.2 Å². The molecule has 0 aromatic heterocycles. The molecule has 0 radical (unpaired) electrons. The Morgan fingerprint density at radius 2 is 1.51 bits per heavy atom. The zero-order valence-corrected chi connectivity index (χ0v) is 24.7. The molecule has 0 saturated heterocycles. The molecule has 4 amide bonds. The van der Waals surface area contributed by atoms with Gasteiger partial charge in [0.05, 0.1) is 5.83 Å². The average molecular weight is 597 g/mol. The lowest BCUT2D eigenvalue weighted by Gasteiger charge is -2.27. The maximum absolute atomic E-state index is 13.3. The van der Waals surface area contributed by atoms with Crippen LogP contribution in [-0.2, 0) is 19.2 Å². The Bertz CT molecular complexity index is 1370. The third kappa shape index (κ3) is 12.0. The number of hydrogen-bond acceptors (Lipinski definition) is 5. The molecule has 2 rings (SSSR count). The summed E-state index contributed by atoms with van der Waals surface area (Å²) in [6.07, 6.45) is 4.59. The van der Waals surface area contributed by atoms with Gasteiger partial charge in [-0.25, -0.2) is 14.3 Å². The summed E-state index contributed by atoms with van der Waals surface area (Å²) >= 11 is 0. The molecule has 9 nitrogen and oxygen atoms in total. The predicted octanol–water partition coefficient (Wildman–Crippen LogP) is 5.88. The third-order valence-electron chi connectivity index (χ3n) is 6.34. The van der Waals surface area contributed by atoms with E-state index in [4.69, 9.17) is 5.21 Å². The fraction of sp³-hybridized carbons (Fsp3) is 0.312. The van der Waals surface area contributed by atoms with Gasteiger partial charge in [-0.1, -0.05) is 39.5 Å². The standard InChI is InChI=1S/C32H38F2N4O5/c1-6-24(12-7-21(3)33)36-30(41)29(31(42)37-26-15-10-23(34)11-16-26)22-8-13-25(14-9-22)35-28(40)19-32(4,5)18-20(2)17-27(39)38-43/h6-16,20,29,43H,1,17-19H2,2-5H3,(H,35,40)(H,36,41)(H,37,42)(H,38,39)/b21-7+,24-12+. The Morgan fingerprint density at radius 3 is 2.07 bits per heavy atom. The van der Waals surface area contributed by atoms with E-state index in [2.05, 4.69) is 22.5 Å². The molecule has 0 fully saturated rings. The Balaban J connectivity index is 2.22. The first-order valence-electron chi connectivity index (χ1n) is 13.6. The second kappa shape index (κ2) is 16.1. The number of anilines is 2. The summed E-state index contributed by atoms with van der Waals surface area (Å²) in [5.41, 5.74) is 2.35. The van der Waals surface area contributed by atoms with Gasteiger partial charge in [-0.15, -0.1) is 0 Å². The van der Waals surface area contributed by atoms with Crippen LogP contribution in [0, 0.1) is 17.2 Å². The minimum Gasteiger partial charge on any atom is -0.326 e. The fourth-order valence-electron chi connectivity index (χ4n) is 4.60. The maximum Gasteiger partial charge on any atom is 0.243 e. The maximum atomic E-state index is 13.3. The van der Waals surface area contributed by atoms with Crippen LogP contribution in [0.4, 0.5) is 20.2 Å². The summed E-state index contributed by atoms with van der Waals surface area (Å²) in [5.74, 6) is -4.60. The number of rotatable bonds is 14. The number of carbonyl (C=O) groups is 4. The molecular formula is C32H38F2N4O5. The van der Waals surface area contributed by atoms with Crippen molar-refractivity contribution in [3.05, 3.63) is 96.2 Å². The first-order chi connectivity index (χ1) is 20.2. The minimum atomic E-state index is -1.37. The Morgan fingerprint density at radius 1 is 0.930 bits per heavy atom. The smallest absolute Gasteiger partial charge is 0.243 e. The van der Waals surface area contributed by atoms with Gasteiger partial charge in [-0.05, 0) is 84.9 Å². The molecule has 0 bridgehead atoms. The number of amides is 4. The lowest BCUT2D eigenvalue weighted by Crippen LogP contribution is -2.36. The van der Waals surface area contributed by atoms with Crippen LogP contribution in [0.1, 0.15) is 58.4 Å². The molecule has 0 aliphatic carbocycles. The van der Waals surface area contributed by atoms with E-state index in [1.807, 2.05) is 20.8 Å². The highest BCUT2D eigenvalue weighted by atomic mass is 19.1. The topological polar surface area (TPSA) is 137 Å². The van der Waals surface area contributed by atoms with Crippen molar-refractivity contribution in [3.8, 4) is 0 Å². The van der Waals surface area contributed by atoms with Crippen molar-refractivity contribution >= 4 is 35.0 Å². The van der Waals surface area contributed by atoms with Crippen molar-refractivity contribution in [2.45, 2.75) is 52.9 Å². The minimum absolute atomic E-state index is 0.0631. The average Bonchev–Trinajstić information content (AvgIpc) is 2.92. The number of hydrogen-bond donors (Lipinski definition) is 5. The molecule has 2 aromatic rings. The van der Waals surface area contributed by atoms with E-state index in [0.717, 1.165) is 6.08 Å². The van der Waals surface area contributed by atoms with Gasteiger partial charge in [0.25, 0.3) is 0 Å². The van der Waals surface area contributed by atoms with E-state index in [1.165, 1.54) is 55.5 Å². The van der Waals surface area contributed by atoms with Crippen LogP contribution in [-0.4, -0.2) is 28.8 Å². The zero-order valence-electron chi connectivity index (χ0n) is 24.7. The summed E-state index contributed by atoms with van der Waals surface area (Å²) < 4.78 is 26.6. The van der Waals surface area contributed by atoms with E-state index >= 15 is 0 Å². The highest BCUT2D eigenvalue weighted by Crippen LogP contribution is 2.31. The zero-order chi connectivity index (χ0) is 32.2. The normalized spacial score (nSPS) is 13.4. The Hall–Kier alpha value is -4.64. The monoisotopic (exact) mass is 596 g/mol. The Labute approximate surface area is 250 Å². The third-order valence-corrected chi connectivity index (χ3v) is 6.34. The van der Waals surface area contributed by atoms with Gasteiger partial charge in [0.15, 0.2) is 0 Å². The second-order valence-corrected chi connectivity index (χ2v) is 11.1. The van der Waals surface area contributed by atoms with E-state index in [1.54, 1.807) is 17.6 Å². The molecule has 11 heteroatoms. The van der Waals surface area contributed by atoms with Crippen molar-refractivity contribution in [1.82, 2.24) is 10.8 Å². The van der Waals surface area contributed by atoms with E-state index in [-0.39, 0.29) is 36.1 Å². The van der Waals surface area contributed by atoms with Gasteiger partial charge in [-0.2, -0.15) is 0 Å². The van der Waals surface area contributed by atoms with Crippen molar-refractivity contribution in [2.24, 2.45) is 11.3 Å². The molecular weight excluding hydrogens is 558 g/mol. The quantitative estimate of drug-likeness (QED) is 0.0803. The van der Waals surface area contributed by atoms with Crippen molar-refractivity contribution in [1.29, 1.82) is 0 Å². The first kappa shape index (κ1) is 34.6. The van der Waals surface area contributed by atoms with E-state index < -0.39 is 40.7 Å². The highest BCUT2D eigenvalue weighted by molar-refractivity contribution is 6.11. The predicted molar refractivity (Wildman–Crippen MR) is 161 cm³/mol. The molecule has 0 aliphatic heterocycles. The number of halogens is 2. The molecule has 43 heavy (non-hydrogen) atoms. The van der Waals surface area contributed by atoms with Crippen LogP contribution >= 0.6 is 0 Å². The lowest BCUT2D eigenvalue weighted by atomic mass is 9.79. The molecule has 0 heterocycles. The number of nitrogens with one attached hydrogen (secondary N) is 4. The summed E-state index contributed by atoms with van der Waals surface area (Å²) in [6.45, 7) is 10.5. The summed E-state index contributed by atoms with van der Waals surface area (Å²) in [6, 6.07) is 11.2. The van der Waals surface area contributed by atoms with Gasteiger partial charge in [-0.3, -0.25) is 24.4 Å². The molecule has 230 valence electrons. The molecule has 2 atom stereocenters. The molecule has 2 aromatic carbocycles. The summed E-state index contributed by atoms with van der Waals surface area (Å²) in [4.78, 5) is 50.8. The lowest BCUT2D eigenvalue weighted by molar-refractivity contribution is -0.130. The number of benzene rings is 2. The SMILES string of the molecule is C=C/C(=C\C=C(/C)F)NC(=O)C(C(=O)Nc1ccc(F)cc1)c1ccc(NC(=O)CC(C)(C)CC(C)CC(=O)NO)cc1. The fourth-order valence-corrected chi connectivity index (χ4v) is 4.60. The van der Waals surface area contributed by atoms with Crippen LogP contribution in [0.15, 0.2) is 84.9 Å². The van der Waals surface area contributed by atoms with Crippen LogP contribution in [0.2, 0.25) is 0 Å². The van der Waals surface area contributed by atoms with E-state index in [0.29, 0.717) is 17.7 Å². The first-order valence-corrected chi connectivity index (χ1v) is 13.6. The molecule has 5 N–H and O–H groups in total. The van der Waals surface area contributed by atoms with Gasteiger partial charge >= 0.3 is 0 Å². The van der Waals surface area contributed by atoms with Gasteiger partial charge < -0.3 is 16.0 Å². The Kier molecular flexibility index (Phi) is 13.0. The van der Waals surface area contributed by atoms with Gasteiger partial charge in [0.1, 0.15) is 11.7 Å². The summed E-state index contributed by atoms with van der Waals surface area (Å²) in [7, 11) is 0. The second-order valence-electron chi connectivity index (χ2n) is 11.1. The van der Waals surface area contributed by atoms with Crippen molar-refractivity contribution in [2.75, 3.05) is 10.6 Å². The number of carbonyl (C=O) groups excluding carboxylic acids is 4. The van der Waals surface area contributed by atoms with E-state index in [9.17, 15) is 28.0 Å². The molecule has 0 spiro atoms. The molecule has 0 aliphatic rings. The largest absolute Gasteiger partial charge is 0.326 e. The molecule has 2 unspecified atom stereocenters. The highest BCUT2D eigenvalue weighted by Gasteiger charge is 2.30. The van der Waals surface area contributed by atoms with Gasteiger partial charge in [0, 0.05) is 29.9 Å².